The number of benzene rings is 1. The average Bonchev–Trinajstić information content (AvgIpc) is 2.68. The number of nitrogen functional groups attached to an aromatic ring is 1. The highest BCUT2D eigenvalue weighted by atomic mass is 19.4. The summed E-state index contributed by atoms with van der Waals surface area (Å²) in [4.78, 5) is 6.30. The van der Waals surface area contributed by atoms with Gasteiger partial charge in [0.2, 0.25) is 0 Å². The van der Waals surface area contributed by atoms with Crippen molar-refractivity contribution in [3.05, 3.63) is 47.0 Å². The monoisotopic (exact) mass is 450 g/mol. The molecule has 0 amide bonds. The Kier molecular flexibility index (Phi) is 5.11. The number of aliphatic hydroxyl groups is 1. The van der Waals surface area contributed by atoms with E-state index in [9.17, 15) is 22.7 Å². The molecule has 3 aromatic rings. The summed E-state index contributed by atoms with van der Waals surface area (Å²) in [7, 11) is 0. The number of anilines is 3. The number of pyridine rings is 1. The molecule has 4 rings (SSSR count). The third kappa shape index (κ3) is 3.99. The molecule has 2 aromatic heterocycles. The first-order chi connectivity index (χ1) is 14.9. The molecule has 1 atom stereocenters. The highest BCUT2D eigenvalue weighted by Crippen LogP contribution is 2.37. The van der Waals surface area contributed by atoms with Gasteiger partial charge in [0.15, 0.2) is 5.82 Å². The maximum atomic E-state index is 14.7. The first-order valence-electron chi connectivity index (χ1n) is 9.89. The standard InChI is InChI=1S/C21H22F4N6O/c1-10(13-4-12(26)5-16(18(13)22)21(23,24)25)28-19-14-6-17(31-8-20(3,32)9-31)27-7-15(14)11(2)29-30-19/h4-7,10,32H,8-9,26H2,1-3H3,(H,28,30)/t10-/m1/s1. The van der Waals surface area contributed by atoms with Crippen molar-refractivity contribution in [1.82, 2.24) is 15.2 Å². The molecule has 170 valence electrons. The van der Waals surface area contributed by atoms with Crippen molar-refractivity contribution in [3.8, 4) is 0 Å². The van der Waals surface area contributed by atoms with Crippen molar-refractivity contribution in [2.45, 2.75) is 38.6 Å². The summed E-state index contributed by atoms with van der Waals surface area (Å²) in [6.07, 6.45) is -3.25. The van der Waals surface area contributed by atoms with Crippen molar-refractivity contribution in [3.63, 3.8) is 0 Å². The van der Waals surface area contributed by atoms with Crippen LogP contribution in [0.3, 0.4) is 0 Å². The Balaban J connectivity index is 1.72. The minimum Gasteiger partial charge on any atom is -0.399 e. The SMILES string of the molecule is Cc1nnc(N[C@H](C)c2cc(N)cc(C(F)(F)F)c2F)c2cc(N3CC(C)(O)C3)ncc12. The fraction of sp³-hybridized carbons (Fsp3) is 0.381. The molecule has 0 bridgehead atoms. The maximum absolute atomic E-state index is 14.7. The summed E-state index contributed by atoms with van der Waals surface area (Å²) in [5.41, 5.74) is 3.58. The molecule has 0 aliphatic carbocycles. The van der Waals surface area contributed by atoms with Crippen LogP contribution in [0.15, 0.2) is 24.4 Å². The van der Waals surface area contributed by atoms with Gasteiger partial charge in [-0.25, -0.2) is 9.37 Å². The summed E-state index contributed by atoms with van der Waals surface area (Å²) >= 11 is 0. The van der Waals surface area contributed by atoms with Gasteiger partial charge < -0.3 is 21.1 Å². The highest BCUT2D eigenvalue weighted by molar-refractivity contribution is 5.94. The summed E-state index contributed by atoms with van der Waals surface area (Å²) < 4.78 is 54.3. The summed E-state index contributed by atoms with van der Waals surface area (Å²) in [5, 5.41) is 22.5. The van der Waals surface area contributed by atoms with Crippen LogP contribution in [-0.4, -0.2) is 39.0 Å². The number of halogens is 4. The lowest BCUT2D eigenvalue weighted by Crippen LogP contribution is -2.60. The molecule has 3 heterocycles. The molecular weight excluding hydrogens is 428 g/mol. The minimum atomic E-state index is -4.87. The Labute approximate surface area is 181 Å². The number of aryl methyl sites for hydroxylation is 1. The average molecular weight is 450 g/mol. The Morgan fingerprint density at radius 2 is 1.88 bits per heavy atom. The molecule has 4 N–H and O–H groups in total. The van der Waals surface area contributed by atoms with E-state index in [-0.39, 0.29) is 17.1 Å². The molecule has 32 heavy (non-hydrogen) atoms. The molecule has 0 saturated carbocycles. The summed E-state index contributed by atoms with van der Waals surface area (Å²) in [6, 6.07) is 2.62. The Morgan fingerprint density at radius 1 is 1.19 bits per heavy atom. The van der Waals surface area contributed by atoms with Crippen LogP contribution in [-0.2, 0) is 6.18 Å². The van der Waals surface area contributed by atoms with Crippen molar-refractivity contribution in [2.24, 2.45) is 0 Å². The van der Waals surface area contributed by atoms with Crippen molar-refractivity contribution >= 4 is 28.1 Å². The molecule has 0 unspecified atom stereocenters. The second-order valence-electron chi connectivity index (χ2n) is 8.41. The number of hydrogen-bond acceptors (Lipinski definition) is 7. The van der Waals surface area contributed by atoms with Crippen LogP contribution in [0.25, 0.3) is 10.8 Å². The molecule has 0 radical (unpaired) electrons. The molecule has 1 fully saturated rings. The third-order valence-corrected chi connectivity index (χ3v) is 5.47. The number of fused-ring (bicyclic) bond motifs is 1. The number of rotatable bonds is 4. The van der Waals surface area contributed by atoms with E-state index < -0.39 is 29.2 Å². The van der Waals surface area contributed by atoms with Crippen molar-refractivity contribution < 1.29 is 22.7 Å². The Bertz CT molecular complexity index is 1190. The van der Waals surface area contributed by atoms with Crippen LogP contribution in [0.1, 0.15) is 36.7 Å². The van der Waals surface area contributed by atoms with Crippen LogP contribution in [0, 0.1) is 12.7 Å². The zero-order valence-electron chi connectivity index (χ0n) is 17.6. The Morgan fingerprint density at radius 3 is 2.50 bits per heavy atom. The predicted molar refractivity (Wildman–Crippen MR) is 113 cm³/mol. The molecule has 1 saturated heterocycles. The number of aromatic nitrogens is 3. The van der Waals surface area contributed by atoms with Gasteiger partial charge in [-0.05, 0) is 39.0 Å². The molecule has 0 spiro atoms. The minimum absolute atomic E-state index is 0.196. The number of hydrogen-bond donors (Lipinski definition) is 3. The van der Waals surface area contributed by atoms with Gasteiger partial charge in [0, 0.05) is 41.3 Å². The van der Waals surface area contributed by atoms with E-state index in [1.54, 1.807) is 26.1 Å². The van der Waals surface area contributed by atoms with E-state index in [1.165, 1.54) is 13.0 Å². The lowest BCUT2D eigenvalue weighted by molar-refractivity contribution is -0.140. The lowest BCUT2D eigenvalue weighted by atomic mass is 9.97. The van der Waals surface area contributed by atoms with Crippen LogP contribution in [0.4, 0.5) is 34.9 Å². The van der Waals surface area contributed by atoms with Crippen molar-refractivity contribution in [1.29, 1.82) is 0 Å². The number of nitrogens with zero attached hydrogens (tertiary/aromatic N) is 4. The quantitative estimate of drug-likeness (QED) is 0.410. The molecule has 1 aromatic carbocycles. The van der Waals surface area contributed by atoms with Crippen LogP contribution in [0.5, 0.6) is 0 Å². The van der Waals surface area contributed by atoms with E-state index in [1.807, 2.05) is 4.90 Å². The zero-order valence-corrected chi connectivity index (χ0v) is 17.6. The number of β-amino-alcohol motifs (C(OH)–C–C–N with tert-alkyl or cyclic N) is 1. The van der Waals surface area contributed by atoms with Gasteiger partial charge >= 0.3 is 6.18 Å². The smallest absolute Gasteiger partial charge is 0.399 e. The van der Waals surface area contributed by atoms with E-state index in [2.05, 4.69) is 20.5 Å². The molecule has 1 aliphatic rings. The van der Waals surface area contributed by atoms with Gasteiger partial charge in [-0.2, -0.15) is 18.3 Å². The highest BCUT2D eigenvalue weighted by Gasteiger charge is 2.38. The van der Waals surface area contributed by atoms with Gasteiger partial charge in [-0.1, -0.05) is 0 Å². The third-order valence-electron chi connectivity index (χ3n) is 5.47. The van der Waals surface area contributed by atoms with Gasteiger partial charge in [0.1, 0.15) is 11.6 Å². The van der Waals surface area contributed by atoms with E-state index in [0.717, 1.165) is 0 Å². The zero-order chi connectivity index (χ0) is 23.4. The second kappa shape index (κ2) is 7.44. The van der Waals surface area contributed by atoms with E-state index in [0.29, 0.717) is 41.4 Å². The predicted octanol–water partition coefficient (Wildman–Crippen LogP) is 3.82. The van der Waals surface area contributed by atoms with Crippen LogP contribution in [0.2, 0.25) is 0 Å². The largest absolute Gasteiger partial charge is 0.419 e. The first kappa shape index (κ1) is 22.0. The summed E-state index contributed by atoms with van der Waals surface area (Å²) in [5.74, 6) is -0.507. The number of alkyl halides is 3. The van der Waals surface area contributed by atoms with Crippen LogP contribution >= 0.6 is 0 Å². The van der Waals surface area contributed by atoms with Crippen molar-refractivity contribution in [2.75, 3.05) is 29.0 Å². The Hall–Kier alpha value is -3.21. The van der Waals surface area contributed by atoms with Gasteiger partial charge in [-0.15, -0.1) is 5.10 Å². The van der Waals surface area contributed by atoms with Gasteiger partial charge in [-0.3, -0.25) is 0 Å². The van der Waals surface area contributed by atoms with E-state index >= 15 is 0 Å². The maximum Gasteiger partial charge on any atom is 0.419 e. The fourth-order valence-electron chi connectivity index (χ4n) is 3.85. The molecule has 7 nitrogen and oxygen atoms in total. The number of nitrogens with two attached hydrogens (primary N) is 1. The topological polar surface area (TPSA) is 100 Å². The fourth-order valence-corrected chi connectivity index (χ4v) is 3.85. The molecule has 11 heteroatoms. The van der Waals surface area contributed by atoms with Crippen LogP contribution < -0.4 is 16.0 Å². The first-order valence-corrected chi connectivity index (χ1v) is 9.89. The van der Waals surface area contributed by atoms with E-state index in [4.69, 9.17) is 5.73 Å². The number of nitrogens with one attached hydrogen (secondary N) is 1. The van der Waals surface area contributed by atoms with Gasteiger partial charge in [0.25, 0.3) is 0 Å². The van der Waals surface area contributed by atoms with Gasteiger partial charge in [0.05, 0.1) is 22.9 Å². The second-order valence-corrected chi connectivity index (χ2v) is 8.41. The molecular formula is C21H22F4N6O. The normalized spacial score (nSPS) is 16.7. The summed E-state index contributed by atoms with van der Waals surface area (Å²) in [6.45, 7) is 5.82. The lowest BCUT2D eigenvalue weighted by Gasteiger charge is -2.45. The molecule has 1 aliphatic heterocycles.